The van der Waals surface area contributed by atoms with Crippen LogP contribution in [-0.2, 0) is 4.74 Å². The number of methoxy groups -OCH3 is 1. The standard InChI is InChI=1S/C17H12ClN5O3/c1-9-3-4-12(11(18)7-9)22-6-5-13-14(16(22)24)20-21-15-10(17(25)26-2)8-19-23(13)15/h3-8H,1-2H3. The van der Waals surface area contributed by atoms with Crippen LogP contribution < -0.4 is 5.56 Å². The number of carbonyl (C=O) groups excluding carboxylic acids is 1. The minimum absolute atomic E-state index is 0.108. The van der Waals surface area contributed by atoms with Gasteiger partial charge in [-0.2, -0.15) is 5.10 Å². The SMILES string of the molecule is COC(=O)c1cnn2c1nnc1c(=O)n(-c3ccc(C)cc3Cl)ccc12. The van der Waals surface area contributed by atoms with E-state index in [1.807, 2.05) is 13.0 Å². The van der Waals surface area contributed by atoms with E-state index in [0.717, 1.165) is 5.56 Å². The maximum atomic E-state index is 12.9. The van der Waals surface area contributed by atoms with E-state index in [1.54, 1.807) is 24.4 Å². The highest BCUT2D eigenvalue weighted by atomic mass is 35.5. The molecule has 0 bridgehead atoms. The molecule has 0 aliphatic rings. The monoisotopic (exact) mass is 369 g/mol. The average Bonchev–Trinajstić information content (AvgIpc) is 3.06. The maximum Gasteiger partial charge on any atom is 0.343 e. The number of hydrogen-bond donors (Lipinski definition) is 0. The highest BCUT2D eigenvalue weighted by Crippen LogP contribution is 2.21. The Bertz CT molecular complexity index is 1240. The van der Waals surface area contributed by atoms with E-state index in [0.29, 0.717) is 16.2 Å². The molecule has 4 aromatic rings. The fourth-order valence-corrected chi connectivity index (χ4v) is 3.07. The van der Waals surface area contributed by atoms with E-state index in [2.05, 4.69) is 15.3 Å². The van der Waals surface area contributed by atoms with Crippen LogP contribution in [0.3, 0.4) is 0 Å². The summed E-state index contributed by atoms with van der Waals surface area (Å²) in [6.07, 6.45) is 2.92. The summed E-state index contributed by atoms with van der Waals surface area (Å²) >= 11 is 6.27. The minimum atomic E-state index is -0.576. The number of aryl methyl sites for hydroxylation is 1. The number of carbonyl (C=O) groups is 1. The lowest BCUT2D eigenvalue weighted by atomic mass is 10.2. The molecule has 0 radical (unpaired) electrons. The van der Waals surface area contributed by atoms with Crippen molar-refractivity contribution in [2.75, 3.05) is 7.11 Å². The number of benzene rings is 1. The van der Waals surface area contributed by atoms with Crippen LogP contribution in [-0.4, -0.2) is 37.5 Å². The van der Waals surface area contributed by atoms with E-state index >= 15 is 0 Å². The summed E-state index contributed by atoms with van der Waals surface area (Å²) in [5.74, 6) is -0.576. The lowest BCUT2D eigenvalue weighted by Crippen LogP contribution is -2.20. The molecule has 1 aromatic carbocycles. The van der Waals surface area contributed by atoms with Crippen molar-refractivity contribution >= 4 is 34.3 Å². The summed E-state index contributed by atoms with van der Waals surface area (Å²) in [5.41, 5.74) is 2.06. The lowest BCUT2D eigenvalue weighted by molar-refractivity contribution is 0.0602. The molecule has 0 saturated heterocycles. The second-order valence-corrected chi connectivity index (χ2v) is 6.07. The molecule has 4 rings (SSSR count). The van der Waals surface area contributed by atoms with Crippen molar-refractivity contribution in [2.45, 2.75) is 6.92 Å². The molecule has 130 valence electrons. The van der Waals surface area contributed by atoms with Crippen LogP contribution >= 0.6 is 11.6 Å². The van der Waals surface area contributed by atoms with Gasteiger partial charge in [0.05, 0.1) is 24.0 Å². The summed E-state index contributed by atoms with van der Waals surface area (Å²) in [6.45, 7) is 1.91. The zero-order chi connectivity index (χ0) is 18.4. The number of nitrogens with zero attached hydrogens (tertiary/aromatic N) is 5. The molecule has 0 atom stereocenters. The number of ether oxygens (including phenoxy) is 1. The van der Waals surface area contributed by atoms with Crippen LogP contribution in [0.2, 0.25) is 5.02 Å². The molecule has 0 N–H and O–H groups in total. The predicted molar refractivity (Wildman–Crippen MR) is 95.0 cm³/mol. The molecule has 9 heteroatoms. The van der Waals surface area contributed by atoms with Gasteiger partial charge < -0.3 is 4.74 Å². The van der Waals surface area contributed by atoms with Crippen molar-refractivity contribution in [1.29, 1.82) is 0 Å². The number of fused-ring (bicyclic) bond motifs is 3. The Kier molecular flexibility index (Phi) is 3.69. The van der Waals surface area contributed by atoms with Crippen LogP contribution in [0.15, 0.2) is 41.5 Å². The third-order valence-electron chi connectivity index (χ3n) is 4.03. The quantitative estimate of drug-likeness (QED) is 0.503. The van der Waals surface area contributed by atoms with Crippen molar-refractivity contribution in [3.63, 3.8) is 0 Å². The van der Waals surface area contributed by atoms with Crippen LogP contribution in [0, 0.1) is 6.92 Å². The Morgan fingerprint density at radius 1 is 1.23 bits per heavy atom. The molecule has 3 aromatic heterocycles. The van der Waals surface area contributed by atoms with Gasteiger partial charge in [0, 0.05) is 6.20 Å². The van der Waals surface area contributed by atoms with E-state index in [4.69, 9.17) is 16.3 Å². The smallest absolute Gasteiger partial charge is 0.343 e. The first-order valence-electron chi connectivity index (χ1n) is 7.62. The first kappa shape index (κ1) is 16.2. The van der Waals surface area contributed by atoms with E-state index in [-0.39, 0.29) is 16.7 Å². The Morgan fingerprint density at radius 2 is 2.04 bits per heavy atom. The van der Waals surface area contributed by atoms with Crippen molar-refractivity contribution in [1.82, 2.24) is 24.4 Å². The van der Waals surface area contributed by atoms with Gasteiger partial charge in [0.1, 0.15) is 11.1 Å². The van der Waals surface area contributed by atoms with Gasteiger partial charge in [0.15, 0.2) is 11.2 Å². The van der Waals surface area contributed by atoms with Gasteiger partial charge >= 0.3 is 5.97 Å². The fraction of sp³-hybridized carbons (Fsp3) is 0.118. The molecule has 0 saturated carbocycles. The Hall–Kier alpha value is -3.26. The van der Waals surface area contributed by atoms with Crippen molar-refractivity contribution in [3.05, 3.63) is 63.2 Å². The van der Waals surface area contributed by atoms with E-state index in [9.17, 15) is 9.59 Å². The maximum absolute atomic E-state index is 12.9. The highest BCUT2D eigenvalue weighted by Gasteiger charge is 2.18. The summed E-state index contributed by atoms with van der Waals surface area (Å²) in [4.78, 5) is 24.6. The van der Waals surface area contributed by atoms with Crippen molar-refractivity contribution < 1.29 is 9.53 Å². The third kappa shape index (κ3) is 2.34. The van der Waals surface area contributed by atoms with Crippen LogP contribution in [0.1, 0.15) is 15.9 Å². The van der Waals surface area contributed by atoms with Crippen molar-refractivity contribution in [3.8, 4) is 5.69 Å². The molecular formula is C17H12ClN5O3. The molecule has 26 heavy (non-hydrogen) atoms. The second-order valence-electron chi connectivity index (χ2n) is 5.66. The molecule has 0 aliphatic carbocycles. The Labute approximate surface area is 151 Å². The van der Waals surface area contributed by atoms with Gasteiger partial charge in [-0.3, -0.25) is 9.36 Å². The lowest BCUT2D eigenvalue weighted by Gasteiger charge is -2.09. The highest BCUT2D eigenvalue weighted by molar-refractivity contribution is 6.32. The van der Waals surface area contributed by atoms with Gasteiger partial charge in [0.2, 0.25) is 0 Å². The molecule has 0 fully saturated rings. The molecule has 3 heterocycles. The predicted octanol–water partition coefficient (Wildman–Crippen LogP) is 2.18. The zero-order valence-corrected chi connectivity index (χ0v) is 14.6. The van der Waals surface area contributed by atoms with Crippen molar-refractivity contribution in [2.24, 2.45) is 0 Å². The second kappa shape index (κ2) is 5.92. The van der Waals surface area contributed by atoms with Crippen LogP contribution in [0.5, 0.6) is 0 Å². The molecular weight excluding hydrogens is 358 g/mol. The first-order chi connectivity index (χ1) is 12.5. The third-order valence-corrected chi connectivity index (χ3v) is 4.33. The van der Waals surface area contributed by atoms with Gasteiger partial charge in [-0.1, -0.05) is 17.7 Å². The van der Waals surface area contributed by atoms with Gasteiger partial charge in [-0.05, 0) is 30.7 Å². The number of halogens is 1. The average molecular weight is 370 g/mol. The van der Waals surface area contributed by atoms with Gasteiger partial charge in [-0.25, -0.2) is 9.31 Å². The molecule has 8 nitrogen and oxygen atoms in total. The first-order valence-corrected chi connectivity index (χ1v) is 7.99. The van der Waals surface area contributed by atoms with E-state index in [1.165, 1.54) is 22.4 Å². The Morgan fingerprint density at radius 3 is 2.77 bits per heavy atom. The molecule has 0 unspecified atom stereocenters. The van der Waals surface area contributed by atoms with Gasteiger partial charge in [0.25, 0.3) is 5.56 Å². The number of rotatable bonds is 2. The van der Waals surface area contributed by atoms with Crippen LogP contribution in [0.25, 0.3) is 22.4 Å². The van der Waals surface area contributed by atoms with E-state index < -0.39 is 11.5 Å². The normalized spacial score (nSPS) is 11.2. The minimum Gasteiger partial charge on any atom is -0.465 e. The number of esters is 1. The molecule has 0 aliphatic heterocycles. The summed E-state index contributed by atoms with van der Waals surface area (Å²) in [6, 6.07) is 7.07. The summed E-state index contributed by atoms with van der Waals surface area (Å²) in [7, 11) is 1.27. The van der Waals surface area contributed by atoms with Crippen LogP contribution in [0.4, 0.5) is 0 Å². The van der Waals surface area contributed by atoms with Gasteiger partial charge in [-0.15, -0.1) is 10.2 Å². The summed E-state index contributed by atoms with van der Waals surface area (Å²) < 4.78 is 7.48. The number of pyridine rings is 1. The molecule has 0 amide bonds. The molecule has 0 spiro atoms. The summed E-state index contributed by atoms with van der Waals surface area (Å²) in [5, 5.41) is 12.5. The topological polar surface area (TPSA) is 91.4 Å². The number of hydrogen-bond acceptors (Lipinski definition) is 6. The Balaban J connectivity index is 1.98. The number of aromatic nitrogens is 5. The largest absolute Gasteiger partial charge is 0.465 e. The fourth-order valence-electron chi connectivity index (χ4n) is 2.74. The zero-order valence-electron chi connectivity index (χ0n) is 13.8.